The normalized spacial score (nSPS) is 9.93. The summed E-state index contributed by atoms with van der Waals surface area (Å²) in [4.78, 5) is 15.7. The van der Waals surface area contributed by atoms with Crippen LogP contribution in [0.2, 0.25) is 0 Å². The highest BCUT2D eigenvalue weighted by molar-refractivity contribution is 9.10. The van der Waals surface area contributed by atoms with E-state index in [1.165, 1.54) is 11.3 Å². The molecule has 0 spiro atoms. The van der Waals surface area contributed by atoms with E-state index < -0.39 is 0 Å². The van der Waals surface area contributed by atoms with Gasteiger partial charge >= 0.3 is 0 Å². The van der Waals surface area contributed by atoms with Gasteiger partial charge in [-0.3, -0.25) is 4.79 Å². The fraction of sp³-hybridized carbons (Fsp3) is 0. The van der Waals surface area contributed by atoms with Crippen molar-refractivity contribution in [3.63, 3.8) is 0 Å². The quantitative estimate of drug-likeness (QED) is 0.919. The third-order valence-corrected chi connectivity index (χ3v) is 3.25. The molecule has 2 aromatic rings. The largest absolute Gasteiger partial charge is 0.320 e. The molecule has 0 atom stereocenters. The van der Waals surface area contributed by atoms with Crippen molar-refractivity contribution < 1.29 is 4.79 Å². The smallest absolute Gasteiger partial charge is 0.284 e. The van der Waals surface area contributed by atoms with Crippen molar-refractivity contribution in [1.29, 1.82) is 0 Å². The van der Waals surface area contributed by atoms with Gasteiger partial charge < -0.3 is 5.32 Å². The minimum atomic E-state index is -0.183. The number of nitrogens with one attached hydrogen (secondary N) is 1. The van der Waals surface area contributed by atoms with Crippen LogP contribution >= 0.6 is 27.3 Å². The second-order valence-electron chi connectivity index (χ2n) is 2.80. The van der Waals surface area contributed by atoms with Gasteiger partial charge in [-0.1, -0.05) is 18.2 Å². The first-order valence-electron chi connectivity index (χ1n) is 4.23. The average Bonchev–Trinajstić information content (AvgIpc) is 2.66. The van der Waals surface area contributed by atoms with Crippen molar-refractivity contribution in [1.82, 2.24) is 4.98 Å². The summed E-state index contributed by atoms with van der Waals surface area (Å²) in [5, 5.41) is 4.99. The third kappa shape index (κ3) is 2.64. The molecule has 0 aliphatic rings. The van der Waals surface area contributed by atoms with Crippen molar-refractivity contribution >= 4 is 38.9 Å². The summed E-state index contributed by atoms with van der Waals surface area (Å²) >= 11 is 4.51. The number of carbonyl (C=O) groups is 1. The van der Waals surface area contributed by atoms with Crippen LogP contribution in [-0.2, 0) is 0 Å². The molecule has 5 heteroatoms. The van der Waals surface area contributed by atoms with Gasteiger partial charge in [-0.2, -0.15) is 0 Å². The number of anilines is 1. The van der Waals surface area contributed by atoms with Crippen LogP contribution in [0.25, 0.3) is 0 Å². The Morgan fingerprint density at radius 2 is 2.07 bits per heavy atom. The average molecular weight is 283 g/mol. The van der Waals surface area contributed by atoms with Gasteiger partial charge in [-0.15, -0.1) is 11.3 Å². The first-order chi connectivity index (χ1) is 7.25. The summed E-state index contributed by atoms with van der Waals surface area (Å²) in [6, 6.07) is 9.30. The minimum absolute atomic E-state index is 0.183. The van der Waals surface area contributed by atoms with Crippen molar-refractivity contribution in [2.75, 3.05) is 5.32 Å². The summed E-state index contributed by atoms with van der Waals surface area (Å²) < 4.78 is 0.686. The number of aromatic nitrogens is 1. The lowest BCUT2D eigenvalue weighted by Crippen LogP contribution is -2.11. The number of nitrogens with zero attached hydrogens (tertiary/aromatic N) is 1. The number of thiazole rings is 1. The highest BCUT2D eigenvalue weighted by Crippen LogP contribution is 2.16. The topological polar surface area (TPSA) is 42.0 Å². The standard InChI is InChI=1S/C10H7BrN2OS/c11-8-6-15-10(13-8)9(14)12-7-4-2-1-3-5-7/h1-6H,(H,12,14). The Morgan fingerprint density at radius 3 is 2.67 bits per heavy atom. The van der Waals surface area contributed by atoms with Gasteiger partial charge in [0.15, 0.2) is 5.01 Å². The van der Waals surface area contributed by atoms with Gasteiger partial charge in [0.25, 0.3) is 5.91 Å². The number of carbonyl (C=O) groups excluding carboxylic acids is 1. The number of hydrogen-bond acceptors (Lipinski definition) is 3. The summed E-state index contributed by atoms with van der Waals surface area (Å²) in [5.74, 6) is -0.183. The second-order valence-corrected chi connectivity index (χ2v) is 4.47. The summed E-state index contributed by atoms with van der Waals surface area (Å²) in [5.41, 5.74) is 0.772. The van der Waals surface area contributed by atoms with E-state index in [1.54, 1.807) is 5.38 Å². The van der Waals surface area contributed by atoms with Crippen molar-refractivity contribution in [3.8, 4) is 0 Å². The number of benzene rings is 1. The van der Waals surface area contributed by atoms with E-state index in [4.69, 9.17) is 0 Å². The maximum Gasteiger partial charge on any atom is 0.284 e. The molecular weight excluding hydrogens is 276 g/mol. The monoisotopic (exact) mass is 282 g/mol. The van der Waals surface area contributed by atoms with E-state index >= 15 is 0 Å². The summed E-state index contributed by atoms with van der Waals surface area (Å²) in [6.07, 6.45) is 0. The van der Waals surface area contributed by atoms with Gasteiger partial charge in [0.1, 0.15) is 4.60 Å². The van der Waals surface area contributed by atoms with Gasteiger partial charge in [0.05, 0.1) is 0 Å². The molecule has 1 aromatic heterocycles. The molecule has 0 saturated heterocycles. The predicted octanol–water partition coefficient (Wildman–Crippen LogP) is 3.16. The van der Waals surface area contributed by atoms with Crippen LogP contribution in [0.4, 0.5) is 5.69 Å². The highest BCUT2D eigenvalue weighted by atomic mass is 79.9. The SMILES string of the molecule is O=C(Nc1ccccc1)c1nc(Br)cs1. The van der Waals surface area contributed by atoms with Crippen LogP contribution in [0, 0.1) is 0 Å². The molecule has 0 radical (unpaired) electrons. The van der Waals surface area contributed by atoms with Crippen LogP contribution in [0.5, 0.6) is 0 Å². The van der Waals surface area contributed by atoms with Crippen LogP contribution in [0.15, 0.2) is 40.3 Å². The van der Waals surface area contributed by atoms with Crippen LogP contribution in [0.1, 0.15) is 9.80 Å². The second kappa shape index (κ2) is 4.55. The molecule has 15 heavy (non-hydrogen) atoms. The molecule has 1 aromatic carbocycles. The molecule has 76 valence electrons. The van der Waals surface area contributed by atoms with Gasteiger partial charge in [0.2, 0.25) is 0 Å². The molecule has 1 amide bonds. The van der Waals surface area contributed by atoms with E-state index in [0.29, 0.717) is 9.61 Å². The Morgan fingerprint density at radius 1 is 1.33 bits per heavy atom. The Bertz CT molecular complexity index is 469. The number of halogens is 1. The molecule has 1 N–H and O–H groups in total. The Kier molecular flexibility index (Phi) is 3.13. The highest BCUT2D eigenvalue weighted by Gasteiger charge is 2.09. The number of amides is 1. The Balaban J connectivity index is 2.11. The molecule has 2 rings (SSSR count). The third-order valence-electron chi connectivity index (χ3n) is 1.70. The Labute approximate surface area is 99.3 Å². The lowest BCUT2D eigenvalue weighted by atomic mass is 10.3. The zero-order valence-corrected chi connectivity index (χ0v) is 10.0. The summed E-state index contributed by atoms with van der Waals surface area (Å²) in [7, 11) is 0. The molecule has 0 aliphatic carbocycles. The van der Waals surface area contributed by atoms with Gasteiger partial charge in [0, 0.05) is 11.1 Å². The van der Waals surface area contributed by atoms with Gasteiger partial charge in [-0.25, -0.2) is 4.98 Å². The predicted molar refractivity (Wildman–Crippen MR) is 64.2 cm³/mol. The Hall–Kier alpha value is -1.20. The first kappa shape index (κ1) is 10.3. The molecule has 0 saturated carbocycles. The van der Waals surface area contributed by atoms with Crippen molar-refractivity contribution in [3.05, 3.63) is 45.3 Å². The van der Waals surface area contributed by atoms with E-state index in [0.717, 1.165) is 5.69 Å². The minimum Gasteiger partial charge on any atom is -0.320 e. The molecule has 0 aliphatic heterocycles. The van der Waals surface area contributed by atoms with E-state index in [-0.39, 0.29) is 5.91 Å². The van der Waals surface area contributed by atoms with Crippen molar-refractivity contribution in [2.45, 2.75) is 0 Å². The molecule has 0 bridgehead atoms. The lowest BCUT2D eigenvalue weighted by Gasteiger charge is -2.01. The van der Waals surface area contributed by atoms with Crippen LogP contribution < -0.4 is 5.32 Å². The maximum atomic E-state index is 11.6. The van der Waals surface area contributed by atoms with Crippen LogP contribution in [0.3, 0.4) is 0 Å². The molecule has 0 unspecified atom stereocenters. The fourth-order valence-corrected chi connectivity index (χ4v) is 2.21. The number of rotatable bonds is 2. The zero-order chi connectivity index (χ0) is 10.7. The molecule has 1 heterocycles. The van der Waals surface area contributed by atoms with E-state index in [9.17, 15) is 4.79 Å². The van der Waals surface area contributed by atoms with Gasteiger partial charge in [-0.05, 0) is 28.1 Å². The molecule has 3 nitrogen and oxygen atoms in total. The van der Waals surface area contributed by atoms with Crippen molar-refractivity contribution in [2.24, 2.45) is 0 Å². The number of para-hydroxylation sites is 1. The molecule has 0 fully saturated rings. The maximum absolute atomic E-state index is 11.6. The fourth-order valence-electron chi connectivity index (χ4n) is 1.06. The number of hydrogen-bond donors (Lipinski definition) is 1. The van der Waals surface area contributed by atoms with E-state index in [2.05, 4.69) is 26.2 Å². The molecular formula is C10H7BrN2OS. The summed E-state index contributed by atoms with van der Waals surface area (Å²) in [6.45, 7) is 0. The first-order valence-corrected chi connectivity index (χ1v) is 5.90. The van der Waals surface area contributed by atoms with Crippen LogP contribution in [-0.4, -0.2) is 10.9 Å². The lowest BCUT2D eigenvalue weighted by molar-refractivity contribution is 0.102. The van der Waals surface area contributed by atoms with E-state index in [1.807, 2.05) is 30.3 Å². The zero-order valence-electron chi connectivity index (χ0n) is 7.61.